The van der Waals surface area contributed by atoms with Crippen molar-refractivity contribution in [2.75, 3.05) is 0 Å². The fourth-order valence-corrected chi connectivity index (χ4v) is 3.11. The van der Waals surface area contributed by atoms with Crippen LogP contribution in [0.1, 0.15) is 57.1 Å². The molecule has 3 atom stereocenters. The van der Waals surface area contributed by atoms with Crippen LogP contribution in [0.5, 0.6) is 0 Å². The zero-order chi connectivity index (χ0) is 11.5. The molecule has 1 aromatic rings. The predicted octanol–water partition coefficient (Wildman–Crippen LogP) is 4.79. The number of hydrogen-bond donors (Lipinski definition) is 0. The Hall–Kier alpha value is -0.780. The molecule has 88 valence electrons. The Morgan fingerprint density at radius 3 is 2.75 bits per heavy atom. The first-order chi connectivity index (χ1) is 7.74. The molecule has 0 saturated heterocycles. The van der Waals surface area contributed by atoms with Crippen molar-refractivity contribution in [1.82, 2.24) is 0 Å². The van der Waals surface area contributed by atoms with Crippen molar-refractivity contribution in [1.29, 1.82) is 0 Å². The molecule has 0 heterocycles. The first-order valence-corrected chi connectivity index (χ1v) is 6.81. The molecule has 0 heteroatoms. The second kappa shape index (κ2) is 5.03. The molecule has 0 N–H and O–H groups in total. The van der Waals surface area contributed by atoms with Crippen molar-refractivity contribution in [3.63, 3.8) is 0 Å². The third-order valence-corrected chi connectivity index (χ3v) is 4.59. The summed E-state index contributed by atoms with van der Waals surface area (Å²) in [5.74, 6) is 2.47. The lowest BCUT2D eigenvalue weighted by molar-refractivity contribution is 0.293. The minimum atomic E-state index is 0.805. The van der Waals surface area contributed by atoms with Gasteiger partial charge in [0.1, 0.15) is 0 Å². The maximum absolute atomic E-state index is 2.45. The van der Waals surface area contributed by atoms with Crippen LogP contribution in [0.4, 0.5) is 0 Å². The van der Waals surface area contributed by atoms with Gasteiger partial charge in [0.25, 0.3) is 0 Å². The summed E-state index contributed by atoms with van der Waals surface area (Å²) in [6.45, 7) is 7.17. The van der Waals surface area contributed by atoms with Crippen LogP contribution in [0.3, 0.4) is 0 Å². The topological polar surface area (TPSA) is 0 Å². The average Bonchev–Trinajstić information content (AvgIpc) is 2.36. The summed E-state index contributed by atoms with van der Waals surface area (Å²) < 4.78 is 0. The fraction of sp³-hybridized carbons (Fsp3) is 0.625. The molecule has 0 saturated carbocycles. The molecule has 0 aromatic heterocycles. The summed E-state index contributed by atoms with van der Waals surface area (Å²) in [6.07, 6.45) is 5.37. The smallest absolute Gasteiger partial charge is 0.0131 e. The molecular formula is C16H24. The number of hydrogen-bond acceptors (Lipinski definition) is 0. The van der Waals surface area contributed by atoms with Gasteiger partial charge in [0.05, 0.1) is 0 Å². The molecule has 0 aliphatic heterocycles. The molecule has 0 spiro atoms. The van der Waals surface area contributed by atoms with Crippen LogP contribution in [-0.2, 0) is 6.42 Å². The zero-order valence-corrected chi connectivity index (χ0v) is 10.9. The van der Waals surface area contributed by atoms with Crippen molar-refractivity contribution in [2.45, 2.75) is 52.4 Å². The molecule has 0 fully saturated rings. The molecule has 0 amide bonds. The van der Waals surface area contributed by atoms with Gasteiger partial charge in [-0.25, -0.2) is 0 Å². The summed E-state index contributed by atoms with van der Waals surface area (Å²) in [5, 5.41) is 0. The summed E-state index contributed by atoms with van der Waals surface area (Å²) >= 11 is 0. The highest BCUT2D eigenvalue weighted by Gasteiger charge is 2.27. The lowest BCUT2D eigenvalue weighted by Gasteiger charge is -2.33. The third kappa shape index (κ3) is 2.16. The van der Waals surface area contributed by atoms with E-state index in [1.54, 1.807) is 11.1 Å². The van der Waals surface area contributed by atoms with Gasteiger partial charge in [-0.2, -0.15) is 0 Å². The van der Waals surface area contributed by atoms with E-state index >= 15 is 0 Å². The third-order valence-electron chi connectivity index (χ3n) is 4.59. The van der Waals surface area contributed by atoms with Gasteiger partial charge in [-0.3, -0.25) is 0 Å². The van der Waals surface area contributed by atoms with Crippen LogP contribution >= 0.6 is 0 Å². The normalized spacial score (nSPS) is 23.6. The minimum absolute atomic E-state index is 0.805. The lowest BCUT2D eigenvalue weighted by atomic mass is 9.72. The van der Waals surface area contributed by atoms with E-state index in [4.69, 9.17) is 0 Å². The minimum Gasteiger partial charge on any atom is -0.0651 e. The van der Waals surface area contributed by atoms with Gasteiger partial charge in [-0.05, 0) is 48.1 Å². The maximum Gasteiger partial charge on any atom is -0.0131 e. The molecule has 2 unspecified atom stereocenters. The second-order valence-electron chi connectivity index (χ2n) is 5.44. The van der Waals surface area contributed by atoms with Crippen molar-refractivity contribution < 1.29 is 0 Å². The fourth-order valence-electron chi connectivity index (χ4n) is 3.11. The molecule has 0 bridgehead atoms. The van der Waals surface area contributed by atoms with Gasteiger partial charge in [-0.1, -0.05) is 51.5 Å². The molecule has 2 rings (SSSR count). The van der Waals surface area contributed by atoms with Crippen molar-refractivity contribution in [3.05, 3.63) is 35.4 Å². The summed E-state index contributed by atoms with van der Waals surface area (Å²) in [6, 6.07) is 9.08. The molecule has 1 aliphatic carbocycles. The van der Waals surface area contributed by atoms with Gasteiger partial charge >= 0.3 is 0 Å². The monoisotopic (exact) mass is 216 g/mol. The highest BCUT2D eigenvalue weighted by molar-refractivity contribution is 5.33. The molecule has 16 heavy (non-hydrogen) atoms. The van der Waals surface area contributed by atoms with E-state index in [9.17, 15) is 0 Å². The van der Waals surface area contributed by atoms with E-state index in [0.29, 0.717) is 0 Å². The van der Waals surface area contributed by atoms with E-state index in [0.717, 1.165) is 17.8 Å². The summed E-state index contributed by atoms with van der Waals surface area (Å²) in [5.41, 5.74) is 3.25. The van der Waals surface area contributed by atoms with Crippen LogP contribution in [0.25, 0.3) is 0 Å². The SMILES string of the molecule is CCC(C)C(C)[C@@H]1CCCc2ccccc21. The van der Waals surface area contributed by atoms with Crippen molar-refractivity contribution >= 4 is 0 Å². The van der Waals surface area contributed by atoms with Gasteiger partial charge in [0.15, 0.2) is 0 Å². The van der Waals surface area contributed by atoms with Crippen LogP contribution < -0.4 is 0 Å². The average molecular weight is 216 g/mol. The Bertz CT molecular complexity index is 340. The first-order valence-electron chi connectivity index (χ1n) is 6.81. The van der Waals surface area contributed by atoms with Crippen LogP contribution in [-0.4, -0.2) is 0 Å². The van der Waals surface area contributed by atoms with Crippen molar-refractivity contribution in [2.24, 2.45) is 11.8 Å². The number of benzene rings is 1. The first kappa shape index (κ1) is 11.7. The Morgan fingerprint density at radius 2 is 2.00 bits per heavy atom. The quantitative estimate of drug-likeness (QED) is 0.681. The van der Waals surface area contributed by atoms with Gasteiger partial charge in [-0.15, -0.1) is 0 Å². The molecule has 1 aliphatic rings. The Morgan fingerprint density at radius 1 is 1.25 bits per heavy atom. The number of aryl methyl sites for hydroxylation is 1. The lowest BCUT2D eigenvalue weighted by Crippen LogP contribution is -2.21. The van der Waals surface area contributed by atoms with E-state index in [-0.39, 0.29) is 0 Å². The van der Waals surface area contributed by atoms with E-state index in [1.807, 2.05) is 0 Å². The Kier molecular flexibility index (Phi) is 3.68. The van der Waals surface area contributed by atoms with Crippen LogP contribution in [0.2, 0.25) is 0 Å². The van der Waals surface area contributed by atoms with Crippen molar-refractivity contribution in [3.8, 4) is 0 Å². The predicted molar refractivity (Wildman–Crippen MR) is 70.7 cm³/mol. The zero-order valence-electron chi connectivity index (χ0n) is 10.9. The molecule has 1 aromatic carbocycles. The second-order valence-corrected chi connectivity index (χ2v) is 5.44. The standard InChI is InChI=1S/C16H24/c1-4-12(2)13(3)15-11-7-9-14-8-5-6-10-16(14)15/h5-6,8,10,12-13,15H,4,7,9,11H2,1-3H3/t12?,13?,15-/m0/s1. The molecule has 0 radical (unpaired) electrons. The molecule has 0 nitrogen and oxygen atoms in total. The van der Waals surface area contributed by atoms with Gasteiger partial charge in [0, 0.05) is 0 Å². The highest BCUT2D eigenvalue weighted by atomic mass is 14.3. The highest BCUT2D eigenvalue weighted by Crippen LogP contribution is 2.40. The molecular weight excluding hydrogens is 192 g/mol. The van der Waals surface area contributed by atoms with E-state index < -0.39 is 0 Å². The van der Waals surface area contributed by atoms with Crippen LogP contribution in [0, 0.1) is 11.8 Å². The largest absolute Gasteiger partial charge is 0.0651 e. The van der Waals surface area contributed by atoms with Gasteiger partial charge < -0.3 is 0 Å². The maximum atomic E-state index is 2.45. The van der Waals surface area contributed by atoms with E-state index in [2.05, 4.69) is 45.0 Å². The summed E-state index contributed by atoms with van der Waals surface area (Å²) in [7, 11) is 0. The number of rotatable bonds is 3. The number of fused-ring (bicyclic) bond motifs is 1. The van der Waals surface area contributed by atoms with Crippen LogP contribution in [0.15, 0.2) is 24.3 Å². The van der Waals surface area contributed by atoms with Gasteiger partial charge in [0.2, 0.25) is 0 Å². The summed E-state index contributed by atoms with van der Waals surface area (Å²) in [4.78, 5) is 0. The Labute approximate surface area is 100 Å². The Balaban J connectivity index is 2.24. The van der Waals surface area contributed by atoms with E-state index in [1.165, 1.54) is 25.7 Å².